The van der Waals surface area contributed by atoms with E-state index in [-0.39, 0.29) is 17.6 Å². The molecule has 3 aromatic carbocycles. The molecule has 0 bridgehead atoms. The van der Waals surface area contributed by atoms with Crippen LogP contribution in [0.25, 0.3) is 22.3 Å². The summed E-state index contributed by atoms with van der Waals surface area (Å²) in [6.07, 6.45) is 7.71. The first-order valence-electron chi connectivity index (χ1n) is 16.5. The fourth-order valence-electron chi connectivity index (χ4n) is 6.52. The number of nitrogens with one attached hydrogen (secondary N) is 1. The minimum absolute atomic E-state index is 0.00801. The Balaban J connectivity index is 1.15. The molecule has 3 heterocycles. The van der Waals surface area contributed by atoms with Crippen molar-refractivity contribution in [3.63, 3.8) is 0 Å². The Labute approximate surface area is 280 Å². The van der Waals surface area contributed by atoms with Crippen LogP contribution in [0.4, 0.5) is 10.3 Å². The van der Waals surface area contributed by atoms with Crippen LogP contribution >= 0.6 is 0 Å². The van der Waals surface area contributed by atoms with Gasteiger partial charge in [0.2, 0.25) is 5.95 Å². The van der Waals surface area contributed by atoms with E-state index in [1.807, 2.05) is 38.2 Å². The fourth-order valence-corrected chi connectivity index (χ4v) is 6.52. The van der Waals surface area contributed by atoms with E-state index in [9.17, 15) is 9.18 Å². The second-order valence-corrected chi connectivity index (χ2v) is 12.3. The molecule has 1 amide bonds. The number of hydrogen-bond donors (Lipinski definition) is 1. The van der Waals surface area contributed by atoms with Gasteiger partial charge in [0.05, 0.1) is 29.9 Å². The van der Waals surface area contributed by atoms with E-state index in [1.54, 1.807) is 30.3 Å². The van der Waals surface area contributed by atoms with Crippen LogP contribution in [0, 0.1) is 5.82 Å². The van der Waals surface area contributed by atoms with Gasteiger partial charge in [0.1, 0.15) is 17.3 Å². The minimum atomic E-state index is -0.274. The molecule has 0 aliphatic carbocycles. The maximum Gasteiger partial charge on any atom is 0.257 e. The number of methoxy groups -OCH3 is 1. The molecule has 5 aromatic rings. The van der Waals surface area contributed by atoms with Gasteiger partial charge in [-0.25, -0.2) is 9.37 Å². The highest BCUT2D eigenvalue weighted by Gasteiger charge is 2.25. The van der Waals surface area contributed by atoms with Gasteiger partial charge in [0.25, 0.3) is 5.91 Å². The highest BCUT2D eigenvalue weighted by Crippen LogP contribution is 2.29. The van der Waals surface area contributed by atoms with Crippen molar-refractivity contribution >= 4 is 22.9 Å². The van der Waals surface area contributed by atoms with Gasteiger partial charge in [-0.05, 0) is 80.9 Å². The Bertz CT molecular complexity index is 1840. The number of anilines is 1. The molecule has 2 aromatic heterocycles. The molecule has 48 heavy (non-hydrogen) atoms. The number of carbonyl (C=O) groups excluding carboxylic acids is 1. The van der Waals surface area contributed by atoms with Crippen LogP contribution in [0.1, 0.15) is 41.6 Å². The summed E-state index contributed by atoms with van der Waals surface area (Å²) in [5.74, 6) is 1.09. The number of para-hydroxylation sites is 2. The van der Waals surface area contributed by atoms with Gasteiger partial charge >= 0.3 is 0 Å². The molecule has 0 saturated carbocycles. The Morgan fingerprint density at radius 2 is 1.92 bits per heavy atom. The van der Waals surface area contributed by atoms with Gasteiger partial charge in [0, 0.05) is 51.3 Å². The molecule has 0 radical (unpaired) electrons. The lowest BCUT2D eigenvalue weighted by Gasteiger charge is -2.28. The average molecular weight is 651 g/mol. The van der Waals surface area contributed by atoms with E-state index < -0.39 is 0 Å². The molecule has 1 saturated heterocycles. The molecule has 1 N–H and O–H groups in total. The first-order valence-corrected chi connectivity index (χ1v) is 16.5. The van der Waals surface area contributed by atoms with Crippen LogP contribution in [0.15, 0.2) is 85.1 Å². The summed E-state index contributed by atoms with van der Waals surface area (Å²) in [6, 6.07) is 20.4. The van der Waals surface area contributed by atoms with Crippen molar-refractivity contribution in [2.45, 2.75) is 32.2 Å². The Morgan fingerprint density at radius 1 is 1.08 bits per heavy atom. The van der Waals surface area contributed by atoms with E-state index >= 15 is 0 Å². The number of H-pyrrole nitrogens is 1. The van der Waals surface area contributed by atoms with Crippen LogP contribution in [0.5, 0.6) is 5.75 Å². The van der Waals surface area contributed by atoms with Gasteiger partial charge in [-0.2, -0.15) is 15.4 Å². The summed E-state index contributed by atoms with van der Waals surface area (Å²) in [7, 11) is 3.37. The van der Waals surface area contributed by atoms with Crippen molar-refractivity contribution < 1.29 is 13.9 Å². The first kappa shape index (κ1) is 32.9. The summed E-state index contributed by atoms with van der Waals surface area (Å²) in [4.78, 5) is 25.5. The van der Waals surface area contributed by atoms with Gasteiger partial charge in [-0.1, -0.05) is 36.4 Å². The number of ether oxygens (including phenoxy) is 1. The number of nitrogens with zero attached hydrogens (tertiary/aromatic N) is 7. The molecule has 1 aliphatic heterocycles. The first-order chi connectivity index (χ1) is 23.4. The van der Waals surface area contributed by atoms with Crippen molar-refractivity contribution in [3.05, 3.63) is 102 Å². The molecule has 1 atom stereocenters. The van der Waals surface area contributed by atoms with Gasteiger partial charge in [-0.3, -0.25) is 4.79 Å². The molecule has 1 aliphatic rings. The van der Waals surface area contributed by atoms with Gasteiger partial charge in [-0.15, -0.1) is 0 Å². The molecule has 6 rings (SSSR count). The van der Waals surface area contributed by atoms with Crippen molar-refractivity contribution in [3.8, 4) is 17.0 Å². The number of allylic oxidation sites excluding steroid dienone is 2. The number of aromatic nitrogens is 5. The van der Waals surface area contributed by atoms with Crippen LogP contribution < -0.4 is 9.64 Å². The Kier molecular flexibility index (Phi) is 10.4. The van der Waals surface area contributed by atoms with Gasteiger partial charge in [0.15, 0.2) is 0 Å². The quantitative estimate of drug-likeness (QED) is 0.166. The minimum Gasteiger partial charge on any atom is -0.496 e. The number of aromatic amines is 1. The number of carbonyl (C=O) groups is 1. The maximum atomic E-state index is 13.9. The lowest BCUT2D eigenvalue weighted by molar-refractivity contribution is 0.0779. The van der Waals surface area contributed by atoms with Crippen molar-refractivity contribution in [1.29, 1.82) is 0 Å². The van der Waals surface area contributed by atoms with Crippen molar-refractivity contribution in [2.24, 2.45) is 0 Å². The van der Waals surface area contributed by atoms with Crippen LogP contribution in [0.3, 0.4) is 0 Å². The molecule has 10 nitrogen and oxygen atoms in total. The monoisotopic (exact) mass is 650 g/mol. The number of hydrogen-bond acceptors (Lipinski definition) is 7. The number of rotatable bonds is 12. The van der Waals surface area contributed by atoms with Crippen LogP contribution in [0.2, 0.25) is 0 Å². The number of likely N-dealkylation sites (N-methyl/N-ethyl adjacent to an activating group) is 1. The predicted molar refractivity (Wildman–Crippen MR) is 187 cm³/mol. The second-order valence-electron chi connectivity index (χ2n) is 12.3. The smallest absolute Gasteiger partial charge is 0.257 e. The number of imidazole rings is 1. The summed E-state index contributed by atoms with van der Waals surface area (Å²) >= 11 is 0. The molecular weight excluding hydrogens is 607 g/mol. The molecule has 1 unspecified atom stereocenters. The second kappa shape index (κ2) is 15.2. The lowest BCUT2D eigenvalue weighted by Crippen LogP contribution is -2.35. The maximum absolute atomic E-state index is 13.9. The number of fused-ring (bicyclic) bond motifs is 1. The summed E-state index contributed by atoms with van der Waals surface area (Å²) in [5.41, 5.74) is 5.03. The topological polar surface area (TPSA) is 95.4 Å². The van der Waals surface area contributed by atoms with Crippen molar-refractivity contribution in [1.82, 2.24) is 34.8 Å². The largest absolute Gasteiger partial charge is 0.496 e. The third kappa shape index (κ3) is 7.41. The highest BCUT2D eigenvalue weighted by atomic mass is 19.1. The molecular formula is C37H43FN8O2. The SMILES string of the molecule is CC=CCn1c(N2CCCN(CCC(CN(C)C(=O)c3cc(-c4cn[nH]n4)ccc3OC)c3ccc(F)cc3)CC2)nc2ccccc21. The molecule has 0 spiro atoms. The standard InChI is InChI=1S/C37H43FN8O2/c1-4-5-20-46-34-10-7-6-9-32(34)40-37(46)45-19-8-18-44(22-23-45)21-17-29(27-11-14-30(38)15-12-27)26-43(2)36(47)31-24-28(13-16-35(31)48-3)33-25-39-42-41-33/h4-7,9-16,24-25,29H,8,17-23,26H2,1-3H3,(H,39,41,42). The highest BCUT2D eigenvalue weighted by molar-refractivity contribution is 5.98. The fraction of sp³-hybridized carbons (Fsp3) is 0.351. The third-order valence-corrected chi connectivity index (χ3v) is 9.15. The number of halogens is 1. The average Bonchev–Trinajstić information content (AvgIpc) is 3.72. The van der Waals surface area contributed by atoms with Gasteiger partial charge < -0.3 is 24.0 Å². The number of benzene rings is 3. The van der Waals surface area contributed by atoms with Crippen LogP contribution in [-0.4, -0.2) is 94.1 Å². The van der Waals surface area contributed by atoms with Crippen molar-refractivity contribution in [2.75, 3.05) is 58.3 Å². The number of amides is 1. The summed E-state index contributed by atoms with van der Waals surface area (Å²) < 4.78 is 21.8. The van der Waals surface area contributed by atoms with Crippen LogP contribution in [-0.2, 0) is 6.54 Å². The van der Waals surface area contributed by atoms with E-state index in [2.05, 4.69) is 60.1 Å². The molecule has 11 heteroatoms. The Hall–Kier alpha value is -5.03. The summed E-state index contributed by atoms with van der Waals surface area (Å²) in [5, 5.41) is 10.7. The van der Waals surface area contributed by atoms with E-state index in [0.717, 1.165) is 80.2 Å². The predicted octanol–water partition coefficient (Wildman–Crippen LogP) is 6.00. The lowest BCUT2D eigenvalue weighted by atomic mass is 9.94. The normalized spacial score (nSPS) is 14.8. The van der Waals surface area contributed by atoms with E-state index in [1.165, 1.54) is 12.1 Å². The third-order valence-electron chi connectivity index (χ3n) is 9.15. The molecule has 1 fully saturated rings. The zero-order chi connectivity index (χ0) is 33.5. The Morgan fingerprint density at radius 3 is 2.69 bits per heavy atom. The van der Waals surface area contributed by atoms with E-state index in [0.29, 0.717) is 23.6 Å². The zero-order valence-corrected chi connectivity index (χ0v) is 27.8. The zero-order valence-electron chi connectivity index (χ0n) is 27.8. The summed E-state index contributed by atoms with van der Waals surface area (Å²) in [6.45, 7) is 7.85. The molecule has 250 valence electrons. The van der Waals surface area contributed by atoms with E-state index in [4.69, 9.17) is 9.72 Å².